The standard InChI is InChI=1S/C23H32N4O9/c1-12(28)19(24)21(33)25-15(8-9-18(30)31)22(34)27-10-2-3-17(27)20(32)26-16(23(35)36)11-13-4-6-14(29)7-5-13/h4-7,12,15-17,19,28-29H,2-3,8-11,24H2,1H3,(H,25,33)(H,26,32)(H,30,31)(H,35,36). The average molecular weight is 509 g/mol. The zero-order valence-electron chi connectivity index (χ0n) is 19.8. The lowest BCUT2D eigenvalue weighted by Gasteiger charge is -2.30. The van der Waals surface area contributed by atoms with Gasteiger partial charge in [0.1, 0.15) is 29.9 Å². The Labute approximate surface area is 207 Å². The van der Waals surface area contributed by atoms with E-state index in [1.165, 1.54) is 36.1 Å². The summed E-state index contributed by atoms with van der Waals surface area (Å²) in [6.45, 7) is 1.44. The van der Waals surface area contributed by atoms with Crippen molar-refractivity contribution < 1.29 is 44.4 Å². The lowest BCUT2D eigenvalue weighted by Crippen LogP contribution is -2.58. The zero-order valence-corrected chi connectivity index (χ0v) is 19.8. The fourth-order valence-corrected chi connectivity index (χ4v) is 3.85. The van der Waals surface area contributed by atoms with Gasteiger partial charge >= 0.3 is 11.9 Å². The molecular weight excluding hydrogens is 476 g/mol. The summed E-state index contributed by atoms with van der Waals surface area (Å²) in [6, 6.07) is 0.857. The first-order valence-electron chi connectivity index (χ1n) is 11.5. The number of carbonyl (C=O) groups is 5. The molecule has 13 nitrogen and oxygen atoms in total. The number of rotatable bonds is 12. The second kappa shape index (κ2) is 12.8. The van der Waals surface area contributed by atoms with E-state index in [0.29, 0.717) is 12.0 Å². The summed E-state index contributed by atoms with van der Waals surface area (Å²) < 4.78 is 0. The van der Waals surface area contributed by atoms with Crippen molar-refractivity contribution in [3.05, 3.63) is 29.8 Å². The second-order valence-corrected chi connectivity index (χ2v) is 8.72. The number of nitrogens with one attached hydrogen (secondary N) is 2. The number of carbonyl (C=O) groups excluding carboxylic acids is 3. The monoisotopic (exact) mass is 508 g/mol. The van der Waals surface area contributed by atoms with Crippen molar-refractivity contribution in [3.63, 3.8) is 0 Å². The van der Waals surface area contributed by atoms with E-state index in [9.17, 15) is 39.3 Å². The van der Waals surface area contributed by atoms with E-state index >= 15 is 0 Å². The fourth-order valence-electron chi connectivity index (χ4n) is 3.85. The van der Waals surface area contributed by atoms with Crippen molar-refractivity contribution in [1.29, 1.82) is 0 Å². The number of carboxylic acids is 2. The second-order valence-electron chi connectivity index (χ2n) is 8.72. The molecule has 0 saturated carbocycles. The minimum Gasteiger partial charge on any atom is -0.508 e. The first kappa shape index (κ1) is 28.5. The number of benzene rings is 1. The van der Waals surface area contributed by atoms with Crippen molar-refractivity contribution in [2.24, 2.45) is 5.73 Å². The predicted octanol–water partition coefficient (Wildman–Crippen LogP) is -1.45. The minimum atomic E-state index is -1.35. The molecule has 36 heavy (non-hydrogen) atoms. The molecule has 1 fully saturated rings. The van der Waals surface area contributed by atoms with Crippen LogP contribution >= 0.6 is 0 Å². The Morgan fingerprint density at radius 1 is 1.08 bits per heavy atom. The number of nitrogens with two attached hydrogens (primary N) is 1. The highest BCUT2D eigenvalue weighted by Gasteiger charge is 2.39. The maximum Gasteiger partial charge on any atom is 0.326 e. The van der Waals surface area contributed by atoms with Crippen LogP contribution in [-0.2, 0) is 30.4 Å². The molecule has 0 spiro atoms. The van der Waals surface area contributed by atoms with Gasteiger partial charge in [-0.25, -0.2) is 4.79 Å². The highest BCUT2D eigenvalue weighted by molar-refractivity contribution is 5.94. The molecule has 8 N–H and O–H groups in total. The number of phenols is 1. The van der Waals surface area contributed by atoms with Crippen molar-refractivity contribution >= 4 is 29.7 Å². The van der Waals surface area contributed by atoms with Crippen LogP contribution in [0.1, 0.15) is 38.2 Å². The number of aromatic hydroxyl groups is 1. The highest BCUT2D eigenvalue weighted by atomic mass is 16.4. The Morgan fingerprint density at radius 3 is 2.28 bits per heavy atom. The van der Waals surface area contributed by atoms with E-state index in [1.54, 1.807) is 0 Å². The summed E-state index contributed by atoms with van der Waals surface area (Å²) in [4.78, 5) is 62.5. The smallest absolute Gasteiger partial charge is 0.326 e. The van der Waals surface area contributed by atoms with E-state index in [2.05, 4.69) is 10.6 Å². The lowest BCUT2D eigenvalue weighted by atomic mass is 10.0. The molecule has 5 atom stereocenters. The molecule has 2 rings (SSSR count). The van der Waals surface area contributed by atoms with Gasteiger partial charge < -0.3 is 41.7 Å². The molecule has 1 aromatic carbocycles. The van der Waals surface area contributed by atoms with Crippen LogP contribution in [0.15, 0.2) is 24.3 Å². The third-order valence-corrected chi connectivity index (χ3v) is 5.91. The maximum atomic E-state index is 13.2. The molecule has 0 aromatic heterocycles. The Morgan fingerprint density at radius 2 is 1.72 bits per heavy atom. The summed E-state index contributed by atoms with van der Waals surface area (Å²) >= 11 is 0. The van der Waals surface area contributed by atoms with Crippen LogP contribution in [0.25, 0.3) is 0 Å². The Bertz CT molecular complexity index is 967. The van der Waals surface area contributed by atoms with Gasteiger partial charge in [-0.2, -0.15) is 0 Å². The van der Waals surface area contributed by atoms with E-state index in [0.717, 1.165) is 0 Å². The third kappa shape index (κ3) is 7.92. The summed E-state index contributed by atoms with van der Waals surface area (Å²) in [7, 11) is 0. The van der Waals surface area contributed by atoms with E-state index in [1.807, 2.05) is 0 Å². The topological polar surface area (TPSA) is 220 Å². The van der Waals surface area contributed by atoms with Crippen molar-refractivity contribution in [3.8, 4) is 5.75 Å². The maximum absolute atomic E-state index is 13.2. The number of aliphatic carboxylic acids is 2. The number of likely N-dealkylation sites (tertiary alicyclic amines) is 1. The van der Waals surface area contributed by atoms with Gasteiger partial charge in [0.15, 0.2) is 0 Å². The first-order valence-corrected chi connectivity index (χ1v) is 11.5. The molecule has 0 bridgehead atoms. The van der Waals surface area contributed by atoms with Gasteiger partial charge in [0.25, 0.3) is 0 Å². The molecular formula is C23H32N4O9. The Hall–Kier alpha value is -3.71. The van der Waals surface area contributed by atoms with Crippen LogP contribution in [-0.4, -0.2) is 91.8 Å². The van der Waals surface area contributed by atoms with Crippen LogP contribution in [0, 0.1) is 0 Å². The number of phenolic OH excluding ortho intramolecular Hbond substituents is 1. The van der Waals surface area contributed by atoms with E-state index in [-0.39, 0.29) is 31.6 Å². The molecule has 3 amide bonds. The Balaban J connectivity index is 2.14. The normalized spacial score (nSPS) is 18.5. The molecule has 0 aliphatic carbocycles. The van der Waals surface area contributed by atoms with Crippen molar-refractivity contribution in [2.45, 2.75) is 69.3 Å². The van der Waals surface area contributed by atoms with Gasteiger partial charge in [-0.1, -0.05) is 12.1 Å². The van der Waals surface area contributed by atoms with Crippen molar-refractivity contribution in [1.82, 2.24) is 15.5 Å². The largest absolute Gasteiger partial charge is 0.508 e. The van der Waals surface area contributed by atoms with Crippen LogP contribution in [0.2, 0.25) is 0 Å². The van der Waals surface area contributed by atoms with Gasteiger partial charge in [-0.15, -0.1) is 0 Å². The van der Waals surface area contributed by atoms with Gasteiger partial charge in [0.05, 0.1) is 6.10 Å². The molecule has 1 saturated heterocycles. The summed E-state index contributed by atoms with van der Waals surface area (Å²) in [6.07, 6.45) is -1.31. The van der Waals surface area contributed by atoms with Crippen LogP contribution in [0.4, 0.5) is 0 Å². The number of carboxylic acid groups (broad SMARTS) is 2. The summed E-state index contributed by atoms with van der Waals surface area (Å²) in [5, 5.41) is 42.4. The number of aliphatic hydroxyl groups excluding tert-OH is 1. The number of nitrogens with zero attached hydrogens (tertiary/aromatic N) is 1. The minimum absolute atomic E-state index is 0.00807. The highest BCUT2D eigenvalue weighted by Crippen LogP contribution is 2.20. The van der Waals surface area contributed by atoms with Crippen LogP contribution in [0.3, 0.4) is 0 Å². The Kier molecular flexibility index (Phi) is 10.2. The molecule has 1 aromatic rings. The van der Waals surface area contributed by atoms with Gasteiger partial charge in [0, 0.05) is 19.4 Å². The average Bonchev–Trinajstić information content (AvgIpc) is 3.31. The number of amides is 3. The predicted molar refractivity (Wildman–Crippen MR) is 125 cm³/mol. The van der Waals surface area contributed by atoms with E-state index < -0.39 is 66.4 Å². The molecule has 1 aliphatic rings. The summed E-state index contributed by atoms with van der Waals surface area (Å²) in [5.41, 5.74) is 6.17. The summed E-state index contributed by atoms with van der Waals surface area (Å²) in [5.74, 6) is -4.73. The quantitative estimate of drug-likeness (QED) is 0.174. The first-order chi connectivity index (χ1) is 16.9. The zero-order chi connectivity index (χ0) is 27.0. The fraction of sp³-hybridized carbons (Fsp3) is 0.522. The van der Waals surface area contributed by atoms with Crippen LogP contribution < -0.4 is 16.4 Å². The number of aliphatic hydroxyl groups is 1. The molecule has 0 radical (unpaired) electrons. The molecule has 5 unspecified atom stereocenters. The van der Waals surface area contributed by atoms with Crippen molar-refractivity contribution in [2.75, 3.05) is 6.54 Å². The molecule has 1 aliphatic heterocycles. The third-order valence-electron chi connectivity index (χ3n) is 5.91. The molecule has 13 heteroatoms. The van der Waals surface area contributed by atoms with E-state index in [4.69, 9.17) is 10.8 Å². The van der Waals surface area contributed by atoms with Gasteiger partial charge in [0.2, 0.25) is 17.7 Å². The lowest BCUT2D eigenvalue weighted by molar-refractivity contribution is -0.145. The molecule has 1 heterocycles. The number of hydrogen-bond acceptors (Lipinski definition) is 8. The van der Waals surface area contributed by atoms with Gasteiger partial charge in [-0.05, 0) is 43.9 Å². The van der Waals surface area contributed by atoms with Gasteiger partial charge in [-0.3, -0.25) is 19.2 Å². The molecule has 198 valence electrons. The van der Waals surface area contributed by atoms with Crippen LogP contribution in [0.5, 0.6) is 5.75 Å². The number of hydrogen-bond donors (Lipinski definition) is 7. The SMILES string of the molecule is CC(O)C(N)C(=O)NC(CCC(=O)O)C(=O)N1CCCC1C(=O)NC(Cc1ccc(O)cc1)C(=O)O.